The van der Waals surface area contributed by atoms with Crippen molar-refractivity contribution < 1.29 is 8.42 Å². The molecule has 1 fully saturated rings. The van der Waals surface area contributed by atoms with Crippen LogP contribution >= 0.6 is 15.9 Å². The van der Waals surface area contributed by atoms with Gasteiger partial charge in [0.25, 0.3) is 0 Å². The molecule has 18 heavy (non-hydrogen) atoms. The van der Waals surface area contributed by atoms with Gasteiger partial charge >= 0.3 is 0 Å². The molecule has 7 heteroatoms. The molecule has 0 amide bonds. The predicted octanol–water partition coefficient (Wildman–Crippen LogP) is 0.848. The summed E-state index contributed by atoms with van der Waals surface area (Å²) in [5.41, 5.74) is 1.02. The Kier molecular flexibility index (Phi) is 3.96. The second-order valence-electron chi connectivity index (χ2n) is 4.45. The van der Waals surface area contributed by atoms with Gasteiger partial charge in [-0.2, -0.15) is 0 Å². The van der Waals surface area contributed by atoms with Gasteiger partial charge in [-0.3, -0.25) is 0 Å². The third-order valence-electron chi connectivity index (χ3n) is 3.09. The van der Waals surface area contributed by atoms with Crippen LogP contribution in [0, 0.1) is 0 Å². The van der Waals surface area contributed by atoms with Crippen LogP contribution in [0.25, 0.3) is 0 Å². The third kappa shape index (κ3) is 3.03. The van der Waals surface area contributed by atoms with E-state index >= 15 is 0 Å². The summed E-state index contributed by atoms with van der Waals surface area (Å²) in [5, 5.41) is 5.13. The molecule has 1 aliphatic rings. The molecule has 100 valence electrons. The number of anilines is 1. The highest BCUT2D eigenvalue weighted by Crippen LogP contribution is 2.27. The second kappa shape index (κ2) is 5.16. The predicted molar refractivity (Wildman–Crippen MR) is 75.2 cm³/mol. The third-order valence-corrected chi connectivity index (χ3v) is 4.98. The number of rotatable bonds is 2. The molecule has 1 aromatic carbocycles. The number of halogens is 1. The van der Waals surface area contributed by atoms with Crippen molar-refractivity contribution in [3.05, 3.63) is 22.7 Å². The van der Waals surface area contributed by atoms with E-state index in [1.807, 2.05) is 6.07 Å². The van der Waals surface area contributed by atoms with E-state index in [9.17, 15) is 8.42 Å². The van der Waals surface area contributed by atoms with E-state index in [1.165, 1.54) is 0 Å². The number of likely N-dealkylation sites (N-methyl/N-ethyl adjacent to an activating group) is 1. The highest BCUT2D eigenvalue weighted by Gasteiger charge is 2.17. The summed E-state index contributed by atoms with van der Waals surface area (Å²) in [6, 6.07) is 5.16. The van der Waals surface area contributed by atoms with Crippen LogP contribution in [0.3, 0.4) is 0 Å². The minimum atomic E-state index is -3.66. The van der Waals surface area contributed by atoms with E-state index in [0.717, 1.165) is 31.9 Å². The Morgan fingerprint density at radius 2 is 1.83 bits per heavy atom. The van der Waals surface area contributed by atoms with Crippen LogP contribution in [0.15, 0.2) is 27.6 Å². The molecule has 1 aromatic rings. The normalized spacial score (nSPS) is 18.1. The maximum atomic E-state index is 11.3. The largest absolute Gasteiger partial charge is 0.369 e. The first kappa shape index (κ1) is 13.8. The Morgan fingerprint density at radius 1 is 1.22 bits per heavy atom. The van der Waals surface area contributed by atoms with Gasteiger partial charge in [-0.1, -0.05) is 0 Å². The Hall–Kier alpha value is -0.630. The number of hydrogen-bond donors (Lipinski definition) is 1. The number of benzene rings is 1. The molecule has 0 radical (unpaired) electrons. The fourth-order valence-electron chi connectivity index (χ4n) is 1.98. The van der Waals surface area contributed by atoms with E-state index in [1.54, 1.807) is 12.1 Å². The fraction of sp³-hybridized carbons (Fsp3) is 0.455. The van der Waals surface area contributed by atoms with Gasteiger partial charge in [-0.15, -0.1) is 0 Å². The van der Waals surface area contributed by atoms with Gasteiger partial charge in [0.05, 0.1) is 4.90 Å². The lowest BCUT2D eigenvalue weighted by molar-refractivity contribution is 0.313. The fourth-order valence-corrected chi connectivity index (χ4v) is 3.61. The van der Waals surface area contributed by atoms with Crippen molar-refractivity contribution in [2.24, 2.45) is 5.14 Å². The first-order valence-corrected chi connectivity index (χ1v) is 7.98. The van der Waals surface area contributed by atoms with Crippen LogP contribution in [-0.4, -0.2) is 46.5 Å². The molecule has 0 bridgehead atoms. The first-order valence-electron chi connectivity index (χ1n) is 5.64. The minimum absolute atomic E-state index is 0.125. The summed E-state index contributed by atoms with van der Waals surface area (Å²) >= 11 is 3.27. The van der Waals surface area contributed by atoms with Crippen LogP contribution < -0.4 is 10.0 Å². The summed E-state index contributed by atoms with van der Waals surface area (Å²) in [4.78, 5) is 4.63. The Bertz CT molecular complexity index is 539. The first-order chi connectivity index (χ1) is 8.38. The smallest absolute Gasteiger partial charge is 0.239 e. The second-order valence-corrected chi connectivity index (χ2v) is 6.83. The maximum Gasteiger partial charge on any atom is 0.239 e. The van der Waals surface area contributed by atoms with Crippen molar-refractivity contribution in [1.82, 2.24) is 4.90 Å². The van der Waals surface area contributed by atoms with Crippen molar-refractivity contribution in [3.63, 3.8) is 0 Å². The molecular formula is C11H16BrN3O2S. The van der Waals surface area contributed by atoms with Gasteiger partial charge in [-0.05, 0) is 41.2 Å². The average molecular weight is 334 g/mol. The van der Waals surface area contributed by atoms with Crippen LogP contribution in [0.1, 0.15) is 0 Å². The Morgan fingerprint density at radius 3 is 2.33 bits per heavy atom. The molecule has 0 unspecified atom stereocenters. The topological polar surface area (TPSA) is 66.6 Å². The van der Waals surface area contributed by atoms with Crippen molar-refractivity contribution in [2.75, 3.05) is 38.1 Å². The molecule has 0 saturated carbocycles. The van der Waals surface area contributed by atoms with E-state index in [-0.39, 0.29) is 4.90 Å². The maximum absolute atomic E-state index is 11.3. The molecule has 2 N–H and O–H groups in total. The number of piperazine rings is 1. The number of nitrogens with zero attached hydrogens (tertiary/aromatic N) is 2. The summed E-state index contributed by atoms with van der Waals surface area (Å²) in [5.74, 6) is 0. The molecule has 0 atom stereocenters. The van der Waals surface area contributed by atoms with E-state index in [4.69, 9.17) is 5.14 Å². The Labute approximate surface area is 116 Å². The van der Waals surface area contributed by atoms with Crippen molar-refractivity contribution >= 4 is 31.6 Å². The van der Waals surface area contributed by atoms with Crippen LogP contribution in [-0.2, 0) is 10.0 Å². The van der Waals surface area contributed by atoms with Crippen molar-refractivity contribution in [3.8, 4) is 0 Å². The summed E-state index contributed by atoms with van der Waals surface area (Å²) in [6.45, 7) is 3.90. The summed E-state index contributed by atoms with van der Waals surface area (Å²) in [7, 11) is -1.57. The van der Waals surface area contributed by atoms with E-state index < -0.39 is 10.0 Å². The lowest BCUT2D eigenvalue weighted by Gasteiger charge is -2.34. The zero-order valence-electron chi connectivity index (χ0n) is 10.1. The lowest BCUT2D eigenvalue weighted by Crippen LogP contribution is -2.44. The highest BCUT2D eigenvalue weighted by atomic mass is 79.9. The lowest BCUT2D eigenvalue weighted by atomic mass is 10.2. The summed E-state index contributed by atoms with van der Waals surface area (Å²) < 4.78 is 23.1. The standard InChI is InChI=1S/C11H16BrN3O2S/c1-14-4-6-15(7-5-14)9-2-3-11(10(12)8-9)18(13,16)17/h2-3,8H,4-7H2,1H3,(H2,13,16,17). The molecule has 0 spiro atoms. The minimum Gasteiger partial charge on any atom is -0.369 e. The molecule has 5 nitrogen and oxygen atoms in total. The quantitative estimate of drug-likeness (QED) is 0.871. The van der Waals surface area contributed by atoms with Gasteiger partial charge in [-0.25, -0.2) is 13.6 Å². The SMILES string of the molecule is CN1CCN(c2ccc(S(N)(=O)=O)c(Br)c2)CC1. The Balaban J connectivity index is 2.24. The number of hydrogen-bond acceptors (Lipinski definition) is 4. The van der Waals surface area contributed by atoms with Crippen molar-refractivity contribution in [2.45, 2.75) is 4.90 Å². The highest BCUT2D eigenvalue weighted by molar-refractivity contribution is 9.10. The molecular weight excluding hydrogens is 318 g/mol. The van der Waals surface area contributed by atoms with Gasteiger partial charge in [0.2, 0.25) is 10.0 Å². The van der Waals surface area contributed by atoms with Gasteiger partial charge in [0.15, 0.2) is 0 Å². The molecule has 0 aliphatic carbocycles. The molecule has 1 saturated heterocycles. The molecule has 0 aromatic heterocycles. The number of sulfonamides is 1. The summed E-state index contributed by atoms with van der Waals surface area (Å²) in [6.07, 6.45) is 0. The monoisotopic (exact) mass is 333 g/mol. The molecule has 1 heterocycles. The molecule has 2 rings (SSSR count). The average Bonchev–Trinajstić information content (AvgIpc) is 2.28. The van der Waals surface area contributed by atoms with Gasteiger partial charge in [0.1, 0.15) is 0 Å². The van der Waals surface area contributed by atoms with Gasteiger partial charge < -0.3 is 9.80 Å². The zero-order chi connectivity index (χ0) is 13.3. The number of nitrogens with two attached hydrogens (primary N) is 1. The van der Waals surface area contributed by atoms with Gasteiger partial charge in [0, 0.05) is 36.3 Å². The van der Waals surface area contributed by atoms with Crippen LogP contribution in [0.2, 0.25) is 0 Å². The van der Waals surface area contributed by atoms with Crippen molar-refractivity contribution in [1.29, 1.82) is 0 Å². The van der Waals surface area contributed by atoms with E-state index in [0.29, 0.717) is 4.47 Å². The number of primary sulfonamides is 1. The van der Waals surface area contributed by atoms with E-state index in [2.05, 4.69) is 32.8 Å². The zero-order valence-corrected chi connectivity index (χ0v) is 12.5. The molecule has 1 aliphatic heterocycles. The van der Waals surface area contributed by atoms with Crippen LogP contribution in [0.4, 0.5) is 5.69 Å². The van der Waals surface area contributed by atoms with Crippen LogP contribution in [0.5, 0.6) is 0 Å².